The van der Waals surface area contributed by atoms with Crippen molar-refractivity contribution in [1.29, 1.82) is 0 Å². The molecule has 2 atom stereocenters. The average molecular weight is 1280 g/mol. The second-order valence-electron chi connectivity index (χ2n) is 21.7. The summed E-state index contributed by atoms with van der Waals surface area (Å²) in [4.78, 5) is 96.8. The van der Waals surface area contributed by atoms with E-state index in [0.29, 0.717) is 101 Å². The lowest BCUT2D eigenvalue weighted by atomic mass is 9.93. The van der Waals surface area contributed by atoms with Crippen LogP contribution in [0.15, 0.2) is 115 Å². The number of Topliss-reactive ketones (excluding diaryl/α,β-unsaturated/α-hetero) is 1. The van der Waals surface area contributed by atoms with Gasteiger partial charge in [0.15, 0.2) is 5.78 Å². The van der Waals surface area contributed by atoms with Crippen LogP contribution in [0, 0.1) is 0 Å². The molecule has 3 aliphatic heterocycles. The van der Waals surface area contributed by atoms with Crippen LogP contribution >= 0.6 is 46.4 Å². The Bertz CT molecular complexity index is 3190. The van der Waals surface area contributed by atoms with E-state index < -0.39 is 24.0 Å². The number of ether oxygens (including phenoxy) is 2. The Morgan fingerprint density at radius 3 is 1.93 bits per heavy atom. The van der Waals surface area contributed by atoms with Crippen molar-refractivity contribution in [1.82, 2.24) is 50.8 Å². The molecule has 0 bridgehead atoms. The van der Waals surface area contributed by atoms with E-state index in [-0.39, 0.29) is 81.1 Å². The molecule has 0 saturated carbocycles. The number of piperazine rings is 1. The highest BCUT2D eigenvalue weighted by atomic mass is 35.5. The fraction of sp³-hybridized carbons (Fsp3) is 0.406. The minimum atomic E-state index is -0.981. The first-order chi connectivity index (χ1) is 42.6. The number of benzene rings is 4. The number of likely N-dealkylation sites (tertiary alicyclic amines) is 1. The van der Waals surface area contributed by atoms with Crippen molar-refractivity contribution in [3.8, 4) is 0 Å². The molecule has 0 unspecified atom stereocenters. The monoisotopic (exact) mass is 1280 g/mol. The molecule has 1 aromatic heterocycles. The molecule has 5 amide bonds. The zero-order valence-corrected chi connectivity index (χ0v) is 52.0. The second-order valence-corrected chi connectivity index (χ2v) is 23.4. The first-order valence-corrected chi connectivity index (χ1v) is 31.1. The number of aliphatic hydroxyl groups is 1. The third-order valence-electron chi connectivity index (χ3n) is 15.1. The van der Waals surface area contributed by atoms with Gasteiger partial charge in [0.1, 0.15) is 23.9 Å². The molecule has 2 saturated heterocycles. The molecule has 5 aromatic rings. The highest BCUT2D eigenvalue weighted by Crippen LogP contribution is 2.29. The smallest absolute Gasteiger partial charge is 0.270 e. The molecule has 6 N–H and O–H groups in total. The lowest BCUT2D eigenvalue weighted by Gasteiger charge is -2.34. The van der Waals surface area contributed by atoms with Gasteiger partial charge >= 0.3 is 0 Å². The van der Waals surface area contributed by atoms with Gasteiger partial charge in [-0.15, -0.1) is 0 Å². The summed E-state index contributed by atoms with van der Waals surface area (Å²) >= 11 is 25.0. The van der Waals surface area contributed by atoms with E-state index in [1.54, 1.807) is 53.5 Å². The summed E-state index contributed by atoms with van der Waals surface area (Å²) in [5.74, 6) is -1.59. The number of rotatable bonds is 30. The van der Waals surface area contributed by atoms with E-state index in [0.717, 1.165) is 57.8 Å². The number of β-amino-alcohol motifs (C(OH)–C–C–N with tert-alkyl or cyclic N) is 1. The van der Waals surface area contributed by atoms with E-state index >= 15 is 0 Å². The number of aromatic nitrogens is 2. The molecule has 0 spiro atoms. The third kappa shape index (κ3) is 21.7. The Morgan fingerprint density at radius 2 is 1.25 bits per heavy atom. The molecule has 0 aliphatic carbocycles. The third-order valence-corrected chi connectivity index (χ3v) is 16.6. The van der Waals surface area contributed by atoms with Crippen LogP contribution in [0.1, 0.15) is 57.6 Å². The zero-order chi connectivity index (χ0) is 62.2. The quantitative estimate of drug-likeness (QED) is 0.0228. The second kappa shape index (κ2) is 34.8. The summed E-state index contributed by atoms with van der Waals surface area (Å²) in [6.45, 7) is 9.38. The summed E-state index contributed by atoms with van der Waals surface area (Å²) in [6.07, 6.45) is 5.32. The molecule has 0 radical (unpaired) electrons. The number of hydrogen-bond acceptors (Lipinski definition) is 15. The number of fused-ring (bicyclic) bond motifs is 1. The van der Waals surface area contributed by atoms with Gasteiger partial charge in [-0.3, -0.25) is 43.5 Å². The summed E-state index contributed by atoms with van der Waals surface area (Å²) in [5, 5.41) is 26.4. The van der Waals surface area contributed by atoms with Gasteiger partial charge in [0.2, 0.25) is 23.6 Å². The Kier molecular flexibility index (Phi) is 26.5. The minimum absolute atomic E-state index is 0.00264. The molecule has 24 heteroatoms. The molecule has 4 heterocycles. The predicted octanol–water partition coefficient (Wildman–Crippen LogP) is 6.01. The van der Waals surface area contributed by atoms with E-state index in [4.69, 9.17) is 55.9 Å². The fourth-order valence-corrected chi connectivity index (χ4v) is 11.0. The minimum Gasteiger partial charge on any atom is -0.390 e. The number of anilines is 1. The highest BCUT2D eigenvalue weighted by Gasteiger charge is 2.34. The van der Waals surface area contributed by atoms with Gasteiger partial charge in [0, 0.05) is 128 Å². The lowest BCUT2D eigenvalue weighted by molar-refractivity contribution is -0.136. The number of ketones is 1. The van der Waals surface area contributed by atoms with Crippen LogP contribution in [-0.2, 0) is 52.8 Å². The number of carbonyl (C=O) groups excluding carboxylic acids is 6. The number of nitrogens with one attached hydrogen (secondary N) is 5. The largest absolute Gasteiger partial charge is 0.390 e. The van der Waals surface area contributed by atoms with Crippen LogP contribution in [0.5, 0.6) is 0 Å². The predicted molar refractivity (Wildman–Crippen MR) is 341 cm³/mol. The van der Waals surface area contributed by atoms with Gasteiger partial charge in [0.05, 0.1) is 59.2 Å². The molecule has 4 aromatic carbocycles. The number of amides is 5. The average Bonchev–Trinajstić information content (AvgIpc) is 1.66. The number of piperidine rings is 1. The Morgan fingerprint density at radius 1 is 0.625 bits per heavy atom. The van der Waals surface area contributed by atoms with Crippen molar-refractivity contribution in [3.63, 3.8) is 0 Å². The molecular formula is C64H75Cl4N11O9. The van der Waals surface area contributed by atoms with Crippen molar-refractivity contribution in [2.45, 2.75) is 50.8 Å². The normalized spacial score (nSPS) is 16.4. The summed E-state index contributed by atoms with van der Waals surface area (Å²) in [7, 11) is 0. The molecule has 468 valence electrons. The molecule has 2 fully saturated rings. The standard InChI is InChI=1S/C64H75Cl4N11O9/c65-52-15-13-45(33-54(52)67)31-49-40-79(41-50(62(49)84)32-46-14-16-53(66)55(68)34-46)64(86)57(35-44-7-2-1-3-8-44)75-60(82)12-6-11-59(81)70-19-27-87-29-30-88-28-26-77-24-22-76(23-25-77)21-18-69-61(83)38-71-58-36-56(73-43-74-58)63(85)72-37-51(80)42-78-20-17-47-9-4-5-10-48(47)39-78/h1-5,7-10,13-16,31-34,36,43,51,57,80H,6,11-12,17-30,35,37-42H2,(H,69,83)(H,70,81)(H,72,85)(H,75,82)(H,71,73,74)/b49-31+,50-32+/t51-,57+/m0/s1. The van der Waals surface area contributed by atoms with E-state index in [2.05, 4.69) is 63.4 Å². The van der Waals surface area contributed by atoms with E-state index in [9.17, 15) is 33.9 Å². The number of halogens is 4. The summed E-state index contributed by atoms with van der Waals surface area (Å²) in [6, 6.07) is 28.1. The van der Waals surface area contributed by atoms with Crippen molar-refractivity contribution in [3.05, 3.63) is 168 Å². The zero-order valence-electron chi connectivity index (χ0n) is 49.0. The van der Waals surface area contributed by atoms with Crippen LogP contribution in [0.2, 0.25) is 20.1 Å². The molecule has 8 rings (SSSR count). The van der Waals surface area contributed by atoms with Crippen LogP contribution in [0.25, 0.3) is 12.2 Å². The number of nitrogens with zero attached hydrogens (tertiary/aromatic N) is 6. The lowest BCUT2D eigenvalue weighted by Crippen LogP contribution is -2.52. The molecule has 3 aliphatic rings. The Labute approximate surface area is 533 Å². The maximum absolute atomic E-state index is 14.5. The Hall–Kier alpha value is -6.82. The Balaban J connectivity index is 0.655. The van der Waals surface area contributed by atoms with E-state index in [1.165, 1.54) is 23.5 Å². The van der Waals surface area contributed by atoms with Crippen molar-refractivity contribution in [2.75, 3.05) is 123 Å². The topological polar surface area (TPSA) is 240 Å². The first-order valence-electron chi connectivity index (χ1n) is 29.6. The van der Waals surface area contributed by atoms with Crippen LogP contribution in [-0.4, -0.2) is 200 Å². The van der Waals surface area contributed by atoms with Gasteiger partial charge < -0.3 is 46.1 Å². The van der Waals surface area contributed by atoms with Crippen LogP contribution in [0.4, 0.5) is 5.82 Å². The van der Waals surface area contributed by atoms with Gasteiger partial charge in [-0.1, -0.05) is 113 Å². The van der Waals surface area contributed by atoms with Gasteiger partial charge in [-0.2, -0.15) is 0 Å². The van der Waals surface area contributed by atoms with Gasteiger partial charge in [-0.05, 0) is 77.1 Å². The van der Waals surface area contributed by atoms with E-state index in [1.807, 2.05) is 42.5 Å². The SMILES string of the molecule is O=C(CCCC(=O)N[C@H](Cc1ccccc1)C(=O)N1C/C(=C\c2ccc(Cl)c(Cl)c2)C(=O)/C(=C/c2ccc(Cl)c(Cl)c2)C1)NCCOCCOCCN1CCN(CCNC(=O)CNc2cc(C(=O)NC[C@H](O)CN3CCc4ccccc4C3)ncn2)CC1. The highest BCUT2D eigenvalue weighted by molar-refractivity contribution is 6.42. The maximum atomic E-state index is 14.5. The molecular weight excluding hydrogens is 1210 g/mol. The number of carbonyl (C=O) groups is 6. The summed E-state index contributed by atoms with van der Waals surface area (Å²) in [5.41, 5.74) is 5.44. The summed E-state index contributed by atoms with van der Waals surface area (Å²) < 4.78 is 11.5. The van der Waals surface area contributed by atoms with Crippen molar-refractivity contribution in [2.24, 2.45) is 0 Å². The van der Waals surface area contributed by atoms with Crippen molar-refractivity contribution >= 4 is 99.7 Å². The first kappa shape index (κ1) is 67.1. The van der Waals surface area contributed by atoms with Gasteiger partial charge in [0.25, 0.3) is 5.91 Å². The number of hydrogen-bond donors (Lipinski definition) is 6. The molecule has 20 nitrogen and oxygen atoms in total. The maximum Gasteiger partial charge on any atom is 0.270 e. The van der Waals surface area contributed by atoms with Gasteiger partial charge in [-0.25, -0.2) is 9.97 Å². The van der Waals surface area contributed by atoms with Crippen LogP contribution < -0.4 is 26.6 Å². The molecule has 88 heavy (non-hydrogen) atoms. The number of aliphatic hydroxyl groups excluding tert-OH is 1. The van der Waals surface area contributed by atoms with Crippen LogP contribution in [0.3, 0.4) is 0 Å². The van der Waals surface area contributed by atoms with Crippen molar-refractivity contribution < 1.29 is 43.3 Å². The fourth-order valence-electron chi connectivity index (χ4n) is 10.4.